The van der Waals surface area contributed by atoms with E-state index in [-0.39, 0.29) is 23.9 Å². The van der Waals surface area contributed by atoms with Crippen LogP contribution in [0, 0.1) is 0 Å². The maximum absolute atomic E-state index is 12.0. The zero-order chi connectivity index (χ0) is 15.7. The predicted octanol–water partition coefficient (Wildman–Crippen LogP) is 4.17. The number of halogens is 3. The van der Waals surface area contributed by atoms with Crippen LogP contribution >= 0.6 is 34.8 Å². The summed E-state index contributed by atoms with van der Waals surface area (Å²) >= 11 is 18.2. The highest BCUT2D eigenvalue weighted by atomic mass is 35.5. The standard InChI is InChI=1S/C14H16Cl3N3O/c1-7(2)18-13(21)6-20-12-5-10(17)9(16)4-11(12)19-14(20)8(3)15/h4-5,7-8H,6H2,1-3H3,(H,18,21). The molecule has 1 aromatic heterocycles. The average Bonchev–Trinajstić information content (AvgIpc) is 2.67. The van der Waals surface area contributed by atoms with Crippen LogP contribution in [0.4, 0.5) is 0 Å². The molecular formula is C14H16Cl3N3O. The molecule has 0 fully saturated rings. The van der Waals surface area contributed by atoms with Gasteiger partial charge in [-0.25, -0.2) is 4.98 Å². The van der Waals surface area contributed by atoms with Crippen molar-refractivity contribution >= 4 is 51.7 Å². The van der Waals surface area contributed by atoms with Crippen LogP contribution in [0.3, 0.4) is 0 Å². The number of hydrogen-bond donors (Lipinski definition) is 1. The number of carbonyl (C=O) groups is 1. The third-order valence-corrected chi connectivity index (χ3v) is 3.84. The number of imidazole rings is 1. The Bertz CT molecular complexity index is 680. The van der Waals surface area contributed by atoms with Crippen molar-refractivity contribution in [2.75, 3.05) is 0 Å². The highest BCUT2D eigenvalue weighted by Crippen LogP contribution is 2.31. The minimum Gasteiger partial charge on any atom is -0.352 e. The summed E-state index contributed by atoms with van der Waals surface area (Å²) < 4.78 is 1.77. The van der Waals surface area contributed by atoms with Gasteiger partial charge in [-0.05, 0) is 32.9 Å². The zero-order valence-corrected chi connectivity index (χ0v) is 14.2. The molecule has 1 atom stereocenters. The first-order valence-corrected chi connectivity index (χ1v) is 7.77. The van der Waals surface area contributed by atoms with Gasteiger partial charge < -0.3 is 9.88 Å². The lowest BCUT2D eigenvalue weighted by Crippen LogP contribution is -2.33. The van der Waals surface area contributed by atoms with Gasteiger partial charge in [-0.1, -0.05) is 23.2 Å². The third kappa shape index (κ3) is 3.62. The SMILES string of the molecule is CC(C)NC(=O)Cn1c(C(C)Cl)nc2cc(Cl)c(Cl)cc21. The van der Waals surface area contributed by atoms with Crippen LogP contribution in [0.15, 0.2) is 12.1 Å². The van der Waals surface area contributed by atoms with Crippen molar-refractivity contribution in [3.05, 3.63) is 28.0 Å². The molecule has 0 radical (unpaired) electrons. The number of rotatable bonds is 4. The summed E-state index contributed by atoms with van der Waals surface area (Å²) in [5, 5.41) is 3.36. The van der Waals surface area contributed by atoms with Crippen molar-refractivity contribution in [1.82, 2.24) is 14.9 Å². The van der Waals surface area contributed by atoms with Crippen LogP contribution in [0.2, 0.25) is 10.0 Å². The molecule has 114 valence electrons. The van der Waals surface area contributed by atoms with Gasteiger partial charge in [0.2, 0.25) is 5.91 Å². The van der Waals surface area contributed by atoms with E-state index in [9.17, 15) is 4.79 Å². The second-order valence-corrected chi connectivity index (χ2v) is 6.62. The Kier molecular flexibility index (Phi) is 5.02. The number of nitrogens with one attached hydrogen (secondary N) is 1. The van der Waals surface area contributed by atoms with E-state index < -0.39 is 0 Å². The molecule has 1 N–H and O–H groups in total. The molecule has 0 bridgehead atoms. The Labute approximate surface area is 138 Å². The molecule has 21 heavy (non-hydrogen) atoms. The normalized spacial score (nSPS) is 12.9. The van der Waals surface area contributed by atoms with Gasteiger partial charge >= 0.3 is 0 Å². The van der Waals surface area contributed by atoms with E-state index in [1.165, 1.54) is 0 Å². The number of fused-ring (bicyclic) bond motifs is 1. The van der Waals surface area contributed by atoms with Crippen molar-refractivity contribution in [2.45, 2.75) is 38.7 Å². The van der Waals surface area contributed by atoms with Crippen LogP contribution in [0.25, 0.3) is 11.0 Å². The van der Waals surface area contributed by atoms with Crippen molar-refractivity contribution in [1.29, 1.82) is 0 Å². The van der Waals surface area contributed by atoms with E-state index in [1.807, 2.05) is 20.8 Å². The molecule has 7 heteroatoms. The number of nitrogens with zero attached hydrogens (tertiary/aromatic N) is 2. The van der Waals surface area contributed by atoms with Gasteiger partial charge in [0.1, 0.15) is 12.4 Å². The second kappa shape index (κ2) is 6.42. The molecule has 4 nitrogen and oxygen atoms in total. The van der Waals surface area contributed by atoms with Crippen LogP contribution in [-0.4, -0.2) is 21.5 Å². The van der Waals surface area contributed by atoms with Crippen molar-refractivity contribution in [3.63, 3.8) is 0 Å². The lowest BCUT2D eigenvalue weighted by Gasteiger charge is -2.12. The molecule has 0 saturated carbocycles. The molecular weight excluding hydrogens is 333 g/mol. The van der Waals surface area contributed by atoms with Gasteiger partial charge in [0.15, 0.2) is 0 Å². The summed E-state index contributed by atoms with van der Waals surface area (Å²) in [4.78, 5) is 16.5. The highest BCUT2D eigenvalue weighted by molar-refractivity contribution is 6.42. The Morgan fingerprint density at radius 1 is 1.29 bits per heavy atom. The number of carbonyl (C=O) groups excluding carboxylic acids is 1. The Morgan fingerprint density at radius 2 is 1.90 bits per heavy atom. The molecule has 0 saturated heterocycles. The molecule has 2 rings (SSSR count). The number of aromatic nitrogens is 2. The predicted molar refractivity (Wildman–Crippen MR) is 87.3 cm³/mol. The topological polar surface area (TPSA) is 46.9 Å². The van der Waals surface area contributed by atoms with Gasteiger partial charge in [-0.15, -0.1) is 11.6 Å². The minimum atomic E-state index is -0.332. The van der Waals surface area contributed by atoms with Crippen molar-refractivity contribution in [3.8, 4) is 0 Å². The Hall–Kier alpha value is -0.970. The number of alkyl halides is 1. The molecule has 1 amide bonds. The fourth-order valence-corrected chi connectivity index (χ4v) is 2.60. The first kappa shape index (κ1) is 16.4. The van der Waals surface area contributed by atoms with Crippen LogP contribution in [0.1, 0.15) is 32.0 Å². The fourth-order valence-electron chi connectivity index (χ4n) is 2.12. The largest absolute Gasteiger partial charge is 0.352 e. The molecule has 2 aromatic rings. The maximum atomic E-state index is 12.0. The monoisotopic (exact) mass is 347 g/mol. The summed E-state index contributed by atoms with van der Waals surface area (Å²) in [5.41, 5.74) is 1.41. The lowest BCUT2D eigenvalue weighted by molar-refractivity contribution is -0.122. The average molecular weight is 349 g/mol. The molecule has 1 aromatic carbocycles. The minimum absolute atomic E-state index is 0.0715. The van der Waals surface area contributed by atoms with Gasteiger partial charge in [0.05, 0.1) is 26.5 Å². The van der Waals surface area contributed by atoms with Crippen molar-refractivity contribution < 1.29 is 4.79 Å². The third-order valence-electron chi connectivity index (χ3n) is 2.93. The first-order chi connectivity index (χ1) is 9.79. The van der Waals surface area contributed by atoms with E-state index in [1.54, 1.807) is 16.7 Å². The van der Waals surface area contributed by atoms with Gasteiger partial charge in [-0.3, -0.25) is 4.79 Å². The van der Waals surface area contributed by atoms with E-state index in [0.29, 0.717) is 21.4 Å². The first-order valence-electron chi connectivity index (χ1n) is 6.58. The smallest absolute Gasteiger partial charge is 0.240 e. The molecule has 0 aliphatic carbocycles. The molecule has 1 heterocycles. The molecule has 1 unspecified atom stereocenters. The van der Waals surface area contributed by atoms with Crippen molar-refractivity contribution in [2.24, 2.45) is 0 Å². The van der Waals surface area contributed by atoms with Gasteiger partial charge in [0, 0.05) is 6.04 Å². The Balaban J connectivity index is 2.50. The number of benzene rings is 1. The van der Waals surface area contributed by atoms with E-state index in [2.05, 4.69) is 10.3 Å². The summed E-state index contributed by atoms with van der Waals surface area (Å²) in [7, 11) is 0. The van der Waals surface area contributed by atoms with E-state index >= 15 is 0 Å². The maximum Gasteiger partial charge on any atom is 0.240 e. The van der Waals surface area contributed by atoms with E-state index in [0.717, 1.165) is 5.52 Å². The molecule has 0 aliphatic heterocycles. The fraction of sp³-hybridized carbons (Fsp3) is 0.429. The highest BCUT2D eigenvalue weighted by Gasteiger charge is 2.18. The summed E-state index contributed by atoms with van der Waals surface area (Å²) in [6, 6.07) is 3.46. The van der Waals surface area contributed by atoms with Gasteiger partial charge in [0.25, 0.3) is 0 Å². The van der Waals surface area contributed by atoms with Gasteiger partial charge in [-0.2, -0.15) is 0 Å². The summed E-state index contributed by atoms with van der Waals surface area (Å²) in [6.07, 6.45) is 0. The van der Waals surface area contributed by atoms with E-state index in [4.69, 9.17) is 34.8 Å². The summed E-state index contributed by atoms with van der Waals surface area (Å²) in [5.74, 6) is 0.512. The van der Waals surface area contributed by atoms with Crippen LogP contribution in [0.5, 0.6) is 0 Å². The zero-order valence-electron chi connectivity index (χ0n) is 12.0. The van der Waals surface area contributed by atoms with Crippen LogP contribution < -0.4 is 5.32 Å². The van der Waals surface area contributed by atoms with Crippen LogP contribution in [-0.2, 0) is 11.3 Å². The second-order valence-electron chi connectivity index (χ2n) is 5.15. The molecule has 0 spiro atoms. The lowest BCUT2D eigenvalue weighted by atomic mass is 10.3. The summed E-state index contributed by atoms with van der Waals surface area (Å²) in [6.45, 7) is 5.76. The number of amides is 1. The Morgan fingerprint density at radius 3 is 2.48 bits per heavy atom. The molecule has 0 aliphatic rings. The quantitative estimate of drug-likeness (QED) is 0.843. The number of hydrogen-bond acceptors (Lipinski definition) is 2.